The Morgan fingerprint density at radius 3 is 2.13 bits per heavy atom. The van der Waals surface area contributed by atoms with Crippen LogP contribution in [0.4, 0.5) is 13.2 Å². The third-order valence-electron chi connectivity index (χ3n) is 1.93. The molecule has 15 heavy (non-hydrogen) atoms. The molecule has 0 aromatic heterocycles. The molecule has 82 valence electrons. The van der Waals surface area contributed by atoms with Crippen LogP contribution >= 0.6 is 11.6 Å². The summed E-state index contributed by atoms with van der Waals surface area (Å²) in [6, 6.07) is 1.11. The second-order valence-corrected chi connectivity index (χ2v) is 3.44. The molecule has 1 atom stereocenters. The van der Waals surface area contributed by atoms with Crippen LogP contribution in [0.2, 0.25) is 5.02 Å². The SMILES string of the molecule is CC(F)(C(=O)O)c1cc(F)c(Cl)c(F)c1. The molecule has 0 fully saturated rings. The van der Waals surface area contributed by atoms with Gasteiger partial charge in [0, 0.05) is 5.56 Å². The highest BCUT2D eigenvalue weighted by Crippen LogP contribution is 2.30. The third-order valence-corrected chi connectivity index (χ3v) is 2.29. The largest absolute Gasteiger partial charge is 0.479 e. The summed E-state index contributed by atoms with van der Waals surface area (Å²) in [4.78, 5) is 10.5. The van der Waals surface area contributed by atoms with E-state index in [1.54, 1.807) is 0 Å². The van der Waals surface area contributed by atoms with Crippen molar-refractivity contribution >= 4 is 17.6 Å². The number of halogens is 4. The first kappa shape index (κ1) is 11.8. The number of carboxylic acid groups (broad SMARTS) is 1. The second kappa shape index (κ2) is 3.73. The Bertz CT molecular complexity index is 395. The number of benzene rings is 1. The number of aliphatic carboxylic acids is 1. The predicted octanol–water partition coefficient (Wildman–Crippen LogP) is 2.89. The van der Waals surface area contributed by atoms with Gasteiger partial charge >= 0.3 is 5.97 Å². The van der Waals surface area contributed by atoms with Gasteiger partial charge in [0.1, 0.15) is 16.7 Å². The number of carboxylic acids is 1. The Labute approximate surface area is 88.3 Å². The summed E-state index contributed by atoms with van der Waals surface area (Å²) in [5.41, 5.74) is -3.49. The molecule has 1 N–H and O–H groups in total. The van der Waals surface area contributed by atoms with E-state index < -0.39 is 33.9 Å². The minimum Gasteiger partial charge on any atom is -0.479 e. The van der Waals surface area contributed by atoms with Gasteiger partial charge < -0.3 is 5.11 Å². The zero-order valence-corrected chi connectivity index (χ0v) is 8.28. The number of hydrogen-bond donors (Lipinski definition) is 1. The quantitative estimate of drug-likeness (QED) is 0.805. The zero-order valence-electron chi connectivity index (χ0n) is 7.52. The minimum atomic E-state index is -2.85. The molecule has 1 rings (SSSR count). The predicted molar refractivity (Wildman–Crippen MR) is 47.5 cm³/mol. The molecule has 2 nitrogen and oxygen atoms in total. The van der Waals surface area contributed by atoms with Crippen LogP contribution in [0.5, 0.6) is 0 Å². The smallest absolute Gasteiger partial charge is 0.345 e. The molecule has 0 radical (unpaired) electrons. The third kappa shape index (κ3) is 2.07. The minimum absolute atomic E-state index is 0.555. The van der Waals surface area contributed by atoms with E-state index in [-0.39, 0.29) is 0 Å². The number of alkyl halides is 1. The molecule has 0 saturated carbocycles. The van der Waals surface area contributed by atoms with Crippen LogP contribution in [0, 0.1) is 11.6 Å². The van der Waals surface area contributed by atoms with Gasteiger partial charge in [0.2, 0.25) is 5.67 Å². The van der Waals surface area contributed by atoms with Crippen molar-refractivity contribution in [1.82, 2.24) is 0 Å². The molecule has 0 amide bonds. The van der Waals surface area contributed by atoms with E-state index in [1.807, 2.05) is 0 Å². The van der Waals surface area contributed by atoms with E-state index in [0.29, 0.717) is 19.1 Å². The first-order chi connectivity index (χ1) is 6.76. The summed E-state index contributed by atoms with van der Waals surface area (Å²) in [5.74, 6) is -4.22. The molecule has 0 aliphatic rings. The van der Waals surface area contributed by atoms with Crippen LogP contribution in [0.15, 0.2) is 12.1 Å². The lowest BCUT2D eigenvalue weighted by Crippen LogP contribution is -2.27. The van der Waals surface area contributed by atoms with Gasteiger partial charge in [-0.25, -0.2) is 18.0 Å². The van der Waals surface area contributed by atoms with Crippen LogP contribution in [0.3, 0.4) is 0 Å². The van der Waals surface area contributed by atoms with Gasteiger partial charge in [-0.3, -0.25) is 0 Å². The molecule has 6 heteroatoms. The fraction of sp³-hybridized carbons (Fsp3) is 0.222. The van der Waals surface area contributed by atoms with Gasteiger partial charge in [-0.2, -0.15) is 0 Å². The summed E-state index contributed by atoms with van der Waals surface area (Å²) in [6.07, 6.45) is 0. The van der Waals surface area contributed by atoms with Crippen LogP contribution in [-0.4, -0.2) is 11.1 Å². The van der Waals surface area contributed by atoms with Crippen molar-refractivity contribution in [3.05, 3.63) is 34.4 Å². The standard InChI is InChI=1S/C9H6ClF3O2/c1-9(13,8(14)15)4-2-5(11)7(10)6(12)3-4/h2-3H,1H3,(H,14,15). The molecule has 0 saturated heterocycles. The molecule has 1 aromatic carbocycles. The van der Waals surface area contributed by atoms with Crippen LogP contribution < -0.4 is 0 Å². The second-order valence-electron chi connectivity index (χ2n) is 3.06. The monoisotopic (exact) mass is 238 g/mol. The van der Waals surface area contributed by atoms with Gasteiger partial charge in [0.25, 0.3) is 0 Å². The summed E-state index contributed by atoms with van der Waals surface area (Å²) in [7, 11) is 0. The molecule has 0 spiro atoms. The van der Waals surface area contributed by atoms with E-state index in [2.05, 4.69) is 0 Å². The molecule has 1 aromatic rings. The highest BCUT2D eigenvalue weighted by atomic mass is 35.5. The Morgan fingerprint density at radius 2 is 1.80 bits per heavy atom. The molecule has 0 bridgehead atoms. The maximum atomic E-state index is 13.5. The van der Waals surface area contributed by atoms with Crippen molar-refractivity contribution in [3.63, 3.8) is 0 Å². The van der Waals surface area contributed by atoms with Crippen molar-refractivity contribution in [1.29, 1.82) is 0 Å². The van der Waals surface area contributed by atoms with E-state index in [9.17, 15) is 18.0 Å². The van der Waals surface area contributed by atoms with Gasteiger partial charge in [0.15, 0.2) is 0 Å². The van der Waals surface area contributed by atoms with Crippen LogP contribution in [0.25, 0.3) is 0 Å². The average molecular weight is 239 g/mol. The Morgan fingerprint density at radius 1 is 1.40 bits per heavy atom. The molecular weight excluding hydrogens is 233 g/mol. The lowest BCUT2D eigenvalue weighted by atomic mass is 9.98. The maximum Gasteiger partial charge on any atom is 0.345 e. The van der Waals surface area contributed by atoms with Gasteiger partial charge in [-0.05, 0) is 19.1 Å². The van der Waals surface area contributed by atoms with Crippen molar-refractivity contribution < 1.29 is 23.1 Å². The van der Waals surface area contributed by atoms with Crippen LogP contribution in [0.1, 0.15) is 12.5 Å². The fourth-order valence-corrected chi connectivity index (χ4v) is 1.06. The lowest BCUT2D eigenvalue weighted by Gasteiger charge is -2.15. The molecule has 1 unspecified atom stereocenters. The molecule has 0 aliphatic heterocycles. The zero-order chi connectivity index (χ0) is 11.8. The highest BCUT2D eigenvalue weighted by molar-refractivity contribution is 6.30. The fourth-order valence-electron chi connectivity index (χ4n) is 0.950. The number of rotatable bonds is 2. The molecule has 0 aliphatic carbocycles. The van der Waals surface area contributed by atoms with Gasteiger partial charge in [-0.15, -0.1) is 0 Å². The average Bonchev–Trinajstić information content (AvgIpc) is 2.13. The van der Waals surface area contributed by atoms with Crippen molar-refractivity contribution in [2.24, 2.45) is 0 Å². The number of carbonyl (C=O) groups is 1. The Hall–Kier alpha value is -1.23. The molecular formula is C9H6ClF3O2. The molecule has 0 heterocycles. The summed E-state index contributed by atoms with van der Waals surface area (Å²) in [6.45, 7) is 0.692. The summed E-state index contributed by atoms with van der Waals surface area (Å²) < 4.78 is 39.3. The lowest BCUT2D eigenvalue weighted by molar-refractivity contribution is -0.150. The van der Waals surface area contributed by atoms with Gasteiger partial charge in [0.05, 0.1) is 0 Å². The highest BCUT2D eigenvalue weighted by Gasteiger charge is 2.36. The number of hydrogen-bond acceptors (Lipinski definition) is 1. The van der Waals surface area contributed by atoms with Gasteiger partial charge in [-0.1, -0.05) is 11.6 Å². The Kier molecular flexibility index (Phi) is 2.95. The summed E-state index contributed by atoms with van der Waals surface area (Å²) in [5, 5.41) is 7.70. The van der Waals surface area contributed by atoms with Crippen molar-refractivity contribution in [2.45, 2.75) is 12.6 Å². The van der Waals surface area contributed by atoms with Crippen molar-refractivity contribution in [3.8, 4) is 0 Å². The Balaban J connectivity index is 3.34. The normalized spacial score (nSPS) is 14.7. The summed E-state index contributed by atoms with van der Waals surface area (Å²) >= 11 is 5.16. The van der Waals surface area contributed by atoms with Crippen LogP contribution in [-0.2, 0) is 10.5 Å². The first-order valence-electron chi connectivity index (χ1n) is 3.84. The van der Waals surface area contributed by atoms with E-state index in [0.717, 1.165) is 0 Å². The van der Waals surface area contributed by atoms with E-state index >= 15 is 0 Å². The topological polar surface area (TPSA) is 37.3 Å². The van der Waals surface area contributed by atoms with E-state index in [1.165, 1.54) is 0 Å². The van der Waals surface area contributed by atoms with E-state index in [4.69, 9.17) is 16.7 Å². The van der Waals surface area contributed by atoms with Crippen molar-refractivity contribution in [2.75, 3.05) is 0 Å². The first-order valence-corrected chi connectivity index (χ1v) is 4.22. The maximum absolute atomic E-state index is 13.5.